The predicted octanol–water partition coefficient (Wildman–Crippen LogP) is 0.329. The number of ether oxygens (including phenoxy) is 1. The molecule has 0 aliphatic carbocycles. The van der Waals surface area contributed by atoms with Crippen LogP contribution in [0.5, 0.6) is 0 Å². The van der Waals surface area contributed by atoms with Crippen LogP contribution >= 0.6 is 0 Å². The van der Waals surface area contributed by atoms with E-state index < -0.39 is 0 Å². The molecule has 16 heavy (non-hydrogen) atoms. The number of anilines is 1. The minimum absolute atomic E-state index is 0.147. The Balaban J connectivity index is 2.27. The molecule has 0 atom stereocenters. The molecule has 1 N–H and O–H groups in total. The highest BCUT2D eigenvalue weighted by Crippen LogP contribution is 2.19. The van der Waals surface area contributed by atoms with Gasteiger partial charge < -0.3 is 19.3 Å². The van der Waals surface area contributed by atoms with Crippen LogP contribution in [-0.2, 0) is 11.3 Å². The third-order valence-corrected chi connectivity index (χ3v) is 3.06. The monoisotopic (exact) mass is 225 g/mol. The van der Waals surface area contributed by atoms with E-state index in [-0.39, 0.29) is 6.61 Å². The molecule has 90 valence electrons. The predicted molar refractivity (Wildman–Crippen MR) is 61.8 cm³/mol. The van der Waals surface area contributed by atoms with Crippen LogP contribution in [0.4, 0.5) is 5.95 Å². The molecule has 0 spiro atoms. The molecule has 0 aromatic carbocycles. The van der Waals surface area contributed by atoms with Gasteiger partial charge >= 0.3 is 0 Å². The minimum atomic E-state index is 0.147. The van der Waals surface area contributed by atoms with Gasteiger partial charge in [-0.3, -0.25) is 0 Å². The SMILES string of the molecule is Cc1nc(N2CCOCC2)n(CCO)c1C. The maximum absolute atomic E-state index is 9.08. The fraction of sp³-hybridized carbons (Fsp3) is 0.727. The molecule has 5 nitrogen and oxygen atoms in total. The topological polar surface area (TPSA) is 50.5 Å². The molecule has 1 aliphatic heterocycles. The number of hydrogen-bond acceptors (Lipinski definition) is 4. The summed E-state index contributed by atoms with van der Waals surface area (Å²) >= 11 is 0. The van der Waals surface area contributed by atoms with Gasteiger partial charge in [0.2, 0.25) is 5.95 Å². The quantitative estimate of drug-likeness (QED) is 0.805. The molecule has 2 rings (SSSR count). The maximum Gasteiger partial charge on any atom is 0.206 e. The molecule has 0 amide bonds. The largest absolute Gasteiger partial charge is 0.395 e. The lowest BCUT2D eigenvalue weighted by molar-refractivity contribution is 0.121. The van der Waals surface area contributed by atoms with E-state index >= 15 is 0 Å². The van der Waals surface area contributed by atoms with E-state index in [4.69, 9.17) is 9.84 Å². The van der Waals surface area contributed by atoms with Crippen LogP contribution in [0, 0.1) is 13.8 Å². The number of aryl methyl sites for hydroxylation is 1. The van der Waals surface area contributed by atoms with Gasteiger partial charge in [-0.05, 0) is 13.8 Å². The zero-order chi connectivity index (χ0) is 11.5. The number of morpholine rings is 1. The Hall–Kier alpha value is -1.07. The van der Waals surface area contributed by atoms with Crippen LogP contribution in [0.25, 0.3) is 0 Å². The van der Waals surface area contributed by atoms with Gasteiger partial charge in [-0.2, -0.15) is 0 Å². The van der Waals surface area contributed by atoms with Gasteiger partial charge in [-0.1, -0.05) is 0 Å². The van der Waals surface area contributed by atoms with E-state index in [2.05, 4.69) is 14.5 Å². The van der Waals surface area contributed by atoms with Crippen LogP contribution in [-0.4, -0.2) is 47.6 Å². The summed E-state index contributed by atoms with van der Waals surface area (Å²) in [5.41, 5.74) is 2.17. The van der Waals surface area contributed by atoms with Crippen molar-refractivity contribution in [3.05, 3.63) is 11.4 Å². The van der Waals surface area contributed by atoms with Crippen molar-refractivity contribution in [3.63, 3.8) is 0 Å². The molecule has 0 radical (unpaired) electrons. The summed E-state index contributed by atoms with van der Waals surface area (Å²) < 4.78 is 7.41. The fourth-order valence-corrected chi connectivity index (χ4v) is 2.01. The van der Waals surface area contributed by atoms with E-state index in [9.17, 15) is 0 Å². The van der Waals surface area contributed by atoms with Crippen LogP contribution in [0.15, 0.2) is 0 Å². The Bertz CT molecular complexity index is 356. The third kappa shape index (κ3) is 2.05. The summed E-state index contributed by atoms with van der Waals surface area (Å²) in [6.45, 7) is 8.07. The normalized spacial score (nSPS) is 16.8. The molecule has 0 saturated carbocycles. The standard InChI is InChI=1S/C11H19N3O2/c1-9-10(2)14(3-6-15)11(12-9)13-4-7-16-8-5-13/h15H,3-8H2,1-2H3. The number of rotatable bonds is 3. The van der Waals surface area contributed by atoms with Crippen LogP contribution in [0.2, 0.25) is 0 Å². The molecule has 1 aliphatic rings. The molecule has 0 bridgehead atoms. The smallest absolute Gasteiger partial charge is 0.206 e. The number of aromatic nitrogens is 2. The second-order valence-electron chi connectivity index (χ2n) is 4.06. The molecular weight excluding hydrogens is 206 g/mol. The highest BCUT2D eigenvalue weighted by Gasteiger charge is 2.19. The fourth-order valence-electron chi connectivity index (χ4n) is 2.01. The van der Waals surface area contributed by atoms with Gasteiger partial charge in [-0.15, -0.1) is 0 Å². The first-order valence-corrected chi connectivity index (χ1v) is 5.71. The van der Waals surface area contributed by atoms with E-state index in [1.807, 2.05) is 13.8 Å². The number of aliphatic hydroxyl groups is 1. The second kappa shape index (κ2) is 4.84. The lowest BCUT2D eigenvalue weighted by Crippen LogP contribution is -2.38. The first-order chi connectivity index (χ1) is 7.74. The summed E-state index contributed by atoms with van der Waals surface area (Å²) in [6, 6.07) is 0. The van der Waals surface area contributed by atoms with E-state index in [0.717, 1.165) is 43.6 Å². The van der Waals surface area contributed by atoms with Gasteiger partial charge in [0.1, 0.15) is 0 Å². The number of nitrogens with zero attached hydrogens (tertiary/aromatic N) is 3. The lowest BCUT2D eigenvalue weighted by Gasteiger charge is -2.28. The summed E-state index contributed by atoms with van der Waals surface area (Å²) in [6.07, 6.45) is 0. The highest BCUT2D eigenvalue weighted by atomic mass is 16.5. The lowest BCUT2D eigenvalue weighted by atomic mass is 10.4. The third-order valence-electron chi connectivity index (χ3n) is 3.06. The highest BCUT2D eigenvalue weighted by molar-refractivity contribution is 5.37. The average Bonchev–Trinajstić information content (AvgIpc) is 2.59. The van der Waals surface area contributed by atoms with Crippen molar-refractivity contribution in [1.29, 1.82) is 0 Å². The summed E-state index contributed by atoms with van der Waals surface area (Å²) in [4.78, 5) is 6.80. The zero-order valence-corrected chi connectivity index (χ0v) is 9.94. The molecule has 1 fully saturated rings. The first-order valence-electron chi connectivity index (χ1n) is 5.71. The van der Waals surface area contributed by atoms with Gasteiger partial charge in [0.05, 0.1) is 25.5 Å². The van der Waals surface area contributed by atoms with Crippen molar-refractivity contribution in [2.75, 3.05) is 37.8 Å². The van der Waals surface area contributed by atoms with Gasteiger partial charge in [0, 0.05) is 25.3 Å². The number of hydrogen-bond donors (Lipinski definition) is 1. The molecule has 1 saturated heterocycles. The summed E-state index contributed by atoms with van der Waals surface area (Å²) in [5, 5.41) is 9.08. The van der Waals surface area contributed by atoms with Crippen molar-refractivity contribution < 1.29 is 9.84 Å². The Morgan fingerprint density at radius 3 is 2.62 bits per heavy atom. The van der Waals surface area contributed by atoms with Crippen LogP contribution in [0.3, 0.4) is 0 Å². The minimum Gasteiger partial charge on any atom is -0.395 e. The second-order valence-corrected chi connectivity index (χ2v) is 4.06. The van der Waals surface area contributed by atoms with Crippen LogP contribution < -0.4 is 4.90 Å². The molecule has 0 unspecified atom stereocenters. The number of imidazole rings is 1. The molecule has 5 heteroatoms. The summed E-state index contributed by atoms with van der Waals surface area (Å²) in [7, 11) is 0. The Labute approximate surface area is 95.7 Å². The molecule has 2 heterocycles. The van der Waals surface area contributed by atoms with Gasteiger partial charge in [-0.25, -0.2) is 4.98 Å². The van der Waals surface area contributed by atoms with Crippen LogP contribution in [0.1, 0.15) is 11.4 Å². The van der Waals surface area contributed by atoms with Crippen molar-refractivity contribution >= 4 is 5.95 Å². The summed E-state index contributed by atoms with van der Waals surface area (Å²) in [5.74, 6) is 0.965. The maximum atomic E-state index is 9.08. The Kier molecular flexibility index (Phi) is 3.46. The van der Waals surface area contributed by atoms with Crippen molar-refractivity contribution in [2.24, 2.45) is 0 Å². The zero-order valence-electron chi connectivity index (χ0n) is 9.94. The van der Waals surface area contributed by atoms with E-state index in [1.165, 1.54) is 0 Å². The van der Waals surface area contributed by atoms with Gasteiger partial charge in [0.25, 0.3) is 0 Å². The average molecular weight is 225 g/mol. The van der Waals surface area contributed by atoms with Crippen molar-refractivity contribution in [2.45, 2.75) is 20.4 Å². The van der Waals surface area contributed by atoms with E-state index in [0.29, 0.717) is 6.54 Å². The molecule has 1 aromatic heterocycles. The Morgan fingerprint density at radius 2 is 2.00 bits per heavy atom. The first kappa shape index (κ1) is 11.4. The van der Waals surface area contributed by atoms with Gasteiger partial charge in [0.15, 0.2) is 0 Å². The molecular formula is C11H19N3O2. The van der Waals surface area contributed by atoms with Crippen molar-refractivity contribution in [3.8, 4) is 0 Å². The molecule has 1 aromatic rings. The van der Waals surface area contributed by atoms with Crippen molar-refractivity contribution in [1.82, 2.24) is 9.55 Å². The van der Waals surface area contributed by atoms with E-state index in [1.54, 1.807) is 0 Å². The number of aliphatic hydroxyl groups excluding tert-OH is 1. The Morgan fingerprint density at radius 1 is 1.31 bits per heavy atom.